The number of allylic oxidation sites excluding steroid dienone is 3. The fourth-order valence-corrected chi connectivity index (χ4v) is 5.01. The second kappa shape index (κ2) is 15.1. The van der Waals surface area contributed by atoms with E-state index in [1.54, 1.807) is 53.7 Å². The summed E-state index contributed by atoms with van der Waals surface area (Å²) >= 11 is 0. The number of nitrogens with zero attached hydrogens (tertiary/aromatic N) is 3. The molecule has 1 aliphatic heterocycles. The number of ether oxygens (including phenoxy) is 2. The summed E-state index contributed by atoms with van der Waals surface area (Å²) in [6, 6.07) is 4.19. The van der Waals surface area contributed by atoms with Crippen molar-refractivity contribution in [3.8, 4) is 0 Å². The van der Waals surface area contributed by atoms with E-state index in [0.29, 0.717) is 6.42 Å². The lowest BCUT2D eigenvalue weighted by atomic mass is 9.81. The van der Waals surface area contributed by atoms with Crippen LogP contribution in [0.2, 0.25) is 0 Å². The standard InChI is InChI=1S/C35H49N3O6/c1-12-43-30(41)16-18-34(7,8)28(39)15-14-27(22-29(40)35(9,10)19-17-31(42)44-13-2)33-37(11)26(6)36-38(33)32-24(4)20-23(3)21-25(32)5/h16-21H,12-15,22H2,1-11H3/b18-16+,19-17+,33-27-. The molecular formula is C35H49N3O6. The number of hydrogen-bond donors (Lipinski definition) is 0. The molecule has 0 aliphatic carbocycles. The largest absolute Gasteiger partial charge is 0.463 e. The van der Waals surface area contributed by atoms with Crippen molar-refractivity contribution in [1.82, 2.24) is 4.90 Å². The van der Waals surface area contributed by atoms with Crippen LogP contribution in [0.15, 0.2) is 52.9 Å². The van der Waals surface area contributed by atoms with E-state index >= 15 is 0 Å². The van der Waals surface area contributed by atoms with E-state index in [1.807, 2.05) is 44.7 Å². The van der Waals surface area contributed by atoms with E-state index in [0.717, 1.165) is 39.6 Å². The molecule has 0 N–H and O–H groups in total. The van der Waals surface area contributed by atoms with Crippen molar-refractivity contribution in [3.63, 3.8) is 0 Å². The number of carbonyl (C=O) groups excluding carboxylic acids is 4. The highest BCUT2D eigenvalue weighted by molar-refractivity contribution is 5.93. The van der Waals surface area contributed by atoms with Crippen LogP contribution in [-0.2, 0) is 28.7 Å². The van der Waals surface area contributed by atoms with Gasteiger partial charge in [-0.15, -0.1) is 0 Å². The van der Waals surface area contributed by atoms with E-state index in [-0.39, 0.29) is 37.6 Å². The fraction of sp³-hybridized carbons (Fsp3) is 0.514. The van der Waals surface area contributed by atoms with E-state index in [4.69, 9.17) is 14.6 Å². The predicted octanol–water partition coefficient (Wildman–Crippen LogP) is 6.51. The number of anilines is 1. The third-order valence-electron chi connectivity index (χ3n) is 7.72. The number of carbonyl (C=O) groups is 4. The lowest BCUT2D eigenvalue weighted by Gasteiger charge is -2.28. The van der Waals surface area contributed by atoms with Crippen molar-refractivity contribution >= 4 is 35.0 Å². The number of hydrogen-bond acceptors (Lipinski definition) is 9. The Labute approximate surface area is 262 Å². The first-order valence-electron chi connectivity index (χ1n) is 15.1. The van der Waals surface area contributed by atoms with Gasteiger partial charge in [-0.3, -0.25) is 9.59 Å². The molecule has 1 heterocycles. The molecule has 44 heavy (non-hydrogen) atoms. The molecule has 9 nitrogen and oxygen atoms in total. The molecule has 0 bridgehead atoms. The molecule has 240 valence electrons. The maximum Gasteiger partial charge on any atom is 0.330 e. The van der Waals surface area contributed by atoms with E-state index in [9.17, 15) is 19.2 Å². The number of esters is 2. The third-order valence-corrected chi connectivity index (χ3v) is 7.72. The summed E-state index contributed by atoms with van der Waals surface area (Å²) in [4.78, 5) is 53.1. The number of aryl methyl sites for hydroxylation is 3. The molecule has 0 unspecified atom stereocenters. The van der Waals surface area contributed by atoms with Crippen LogP contribution in [0.3, 0.4) is 0 Å². The van der Waals surface area contributed by atoms with E-state index in [2.05, 4.69) is 12.1 Å². The average molecular weight is 608 g/mol. The highest BCUT2D eigenvalue weighted by Gasteiger charge is 2.34. The predicted molar refractivity (Wildman–Crippen MR) is 174 cm³/mol. The minimum atomic E-state index is -0.974. The topological polar surface area (TPSA) is 106 Å². The second-order valence-corrected chi connectivity index (χ2v) is 12.3. The monoisotopic (exact) mass is 607 g/mol. The summed E-state index contributed by atoms with van der Waals surface area (Å²) in [6.07, 6.45) is 6.17. The third kappa shape index (κ3) is 9.24. The molecule has 2 rings (SSSR count). The average Bonchev–Trinajstić information content (AvgIpc) is 3.21. The van der Waals surface area contributed by atoms with Crippen molar-refractivity contribution in [3.05, 3.63) is 64.5 Å². The number of Topliss-reactive ketones (excluding diaryl/α,β-unsaturated/α-hetero) is 2. The van der Waals surface area contributed by atoms with Crippen molar-refractivity contribution in [1.29, 1.82) is 0 Å². The molecule has 1 aliphatic rings. The first kappa shape index (κ1) is 36.2. The van der Waals surface area contributed by atoms with Gasteiger partial charge in [0.2, 0.25) is 0 Å². The number of rotatable bonds is 14. The minimum Gasteiger partial charge on any atom is -0.463 e. The molecule has 0 aromatic heterocycles. The molecule has 1 aromatic rings. The minimum absolute atomic E-state index is 0.0372. The Morgan fingerprint density at radius 1 is 0.795 bits per heavy atom. The lowest BCUT2D eigenvalue weighted by Crippen LogP contribution is -2.29. The van der Waals surface area contributed by atoms with Crippen molar-refractivity contribution in [2.45, 2.75) is 88.5 Å². The van der Waals surface area contributed by atoms with Gasteiger partial charge in [-0.2, -0.15) is 5.10 Å². The quantitative estimate of drug-likeness (QED) is 0.174. The first-order valence-corrected chi connectivity index (χ1v) is 15.1. The van der Waals surface area contributed by atoms with Crippen LogP contribution in [-0.4, -0.2) is 54.5 Å². The Balaban J connectivity index is 2.58. The molecule has 1 aromatic carbocycles. The zero-order valence-corrected chi connectivity index (χ0v) is 28.3. The van der Waals surface area contributed by atoms with Gasteiger partial charge >= 0.3 is 11.9 Å². The second-order valence-electron chi connectivity index (χ2n) is 12.3. The zero-order chi connectivity index (χ0) is 33.4. The van der Waals surface area contributed by atoms with Crippen LogP contribution in [0.1, 0.15) is 84.4 Å². The Hall–Kier alpha value is -4.01. The molecule has 0 atom stereocenters. The number of amidine groups is 1. The van der Waals surface area contributed by atoms with Crippen LogP contribution < -0.4 is 5.01 Å². The molecule has 0 saturated carbocycles. The summed E-state index contributed by atoms with van der Waals surface area (Å²) < 4.78 is 9.97. The van der Waals surface area contributed by atoms with Crippen LogP contribution >= 0.6 is 0 Å². The van der Waals surface area contributed by atoms with Crippen molar-refractivity contribution in [2.24, 2.45) is 15.9 Å². The van der Waals surface area contributed by atoms with Crippen LogP contribution in [0.4, 0.5) is 5.69 Å². The summed E-state index contributed by atoms with van der Waals surface area (Å²) in [6.45, 7) is 19.0. The van der Waals surface area contributed by atoms with Gasteiger partial charge in [0.15, 0.2) is 0 Å². The Morgan fingerprint density at radius 3 is 1.75 bits per heavy atom. The van der Waals surface area contributed by atoms with Crippen LogP contribution in [0.25, 0.3) is 0 Å². The smallest absolute Gasteiger partial charge is 0.330 e. The van der Waals surface area contributed by atoms with Gasteiger partial charge in [0.25, 0.3) is 0 Å². The van der Waals surface area contributed by atoms with Gasteiger partial charge in [0.05, 0.1) is 18.9 Å². The zero-order valence-electron chi connectivity index (χ0n) is 28.3. The van der Waals surface area contributed by atoms with Gasteiger partial charge in [-0.05, 0) is 92.4 Å². The van der Waals surface area contributed by atoms with Crippen LogP contribution in [0, 0.1) is 31.6 Å². The number of ketones is 2. The van der Waals surface area contributed by atoms with Crippen molar-refractivity contribution < 1.29 is 28.7 Å². The fourth-order valence-electron chi connectivity index (χ4n) is 5.01. The Kier molecular flexibility index (Phi) is 12.4. The molecule has 0 radical (unpaired) electrons. The van der Waals surface area contributed by atoms with Gasteiger partial charge in [0.1, 0.15) is 23.2 Å². The molecule has 0 amide bonds. The summed E-state index contributed by atoms with van der Waals surface area (Å²) in [5, 5.41) is 6.74. The molecule has 0 fully saturated rings. The molecule has 9 heteroatoms. The number of hydrazone groups is 1. The highest BCUT2D eigenvalue weighted by atomic mass is 16.5. The Morgan fingerprint density at radius 2 is 1.27 bits per heavy atom. The van der Waals surface area contributed by atoms with Gasteiger partial charge in [-0.1, -0.05) is 29.8 Å². The summed E-state index contributed by atoms with van der Waals surface area (Å²) in [5.41, 5.74) is 2.98. The lowest BCUT2D eigenvalue weighted by molar-refractivity contribution is -0.138. The highest BCUT2D eigenvalue weighted by Crippen LogP contribution is 2.38. The Bertz CT molecular complexity index is 1370. The van der Waals surface area contributed by atoms with Crippen molar-refractivity contribution in [2.75, 3.05) is 25.3 Å². The molecule has 0 saturated heterocycles. The van der Waals surface area contributed by atoms with Gasteiger partial charge in [0, 0.05) is 42.9 Å². The molecular weight excluding hydrogens is 558 g/mol. The summed E-state index contributed by atoms with van der Waals surface area (Å²) in [7, 11) is 1.90. The normalized spacial score (nSPS) is 15.2. The van der Waals surface area contributed by atoms with E-state index < -0.39 is 22.8 Å². The first-order chi connectivity index (χ1) is 20.4. The number of benzene rings is 1. The SMILES string of the molecule is CCOC(=O)/C=C/C(C)(C)C(=O)CC/C(CC(=O)C(C)(C)/C=C/C(=O)OCC)=C1\N(C)C(C)=NN1c1c(C)cc(C)cc1C. The van der Waals surface area contributed by atoms with Gasteiger partial charge in [-0.25, -0.2) is 14.6 Å². The maximum atomic E-state index is 13.8. The maximum absolute atomic E-state index is 13.8. The van der Waals surface area contributed by atoms with Gasteiger partial charge < -0.3 is 14.4 Å². The summed E-state index contributed by atoms with van der Waals surface area (Å²) in [5.74, 6) is 0.257. The van der Waals surface area contributed by atoms with E-state index in [1.165, 1.54) is 12.2 Å². The molecule has 0 spiro atoms. The van der Waals surface area contributed by atoms with Crippen LogP contribution in [0.5, 0.6) is 0 Å².